The van der Waals surface area contributed by atoms with Crippen LogP contribution in [0.3, 0.4) is 0 Å². The molecule has 0 unspecified atom stereocenters. The van der Waals surface area contributed by atoms with Crippen molar-refractivity contribution in [3.05, 3.63) is 339 Å². The van der Waals surface area contributed by atoms with Crippen LogP contribution >= 0.6 is 96.5 Å². The molecule has 0 heterocycles. The number of alkyl halides is 2. The summed E-state index contributed by atoms with van der Waals surface area (Å²) in [5, 5.41) is 45.5. The summed E-state index contributed by atoms with van der Waals surface area (Å²) >= 11 is 43.1. The number of benzene rings is 12. The molecule has 37 heteroatoms. The Balaban J connectivity index is 0.000000220. The van der Waals surface area contributed by atoms with E-state index < -0.39 is 5.92 Å². The molecule has 12 N–H and O–H groups in total. The highest BCUT2D eigenvalue weighted by Crippen LogP contribution is 2.34. The Bertz CT molecular complexity index is 5860. The van der Waals surface area contributed by atoms with Crippen LogP contribution in [0.5, 0.6) is 51.7 Å². The van der Waals surface area contributed by atoms with Crippen LogP contribution in [-0.2, 0) is 5.92 Å². The molecule has 0 amide bonds. The minimum atomic E-state index is -2.97. The fourth-order valence-electron chi connectivity index (χ4n) is 11.3. The van der Waals surface area contributed by atoms with E-state index in [2.05, 4.69) is 95.1 Å². The van der Waals surface area contributed by atoms with Crippen LogP contribution < -0.4 is 107 Å². The number of nitrogens with one attached hydrogen (secondary N) is 12. The highest BCUT2D eigenvalue weighted by Gasteiger charge is 2.27. The van der Waals surface area contributed by atoms with Gasteiger partial charge in [-0.1, -0.05) is 169 Å². The molecule has 0 fully saturated rings. The number of halogens is 4. The van der Waals surface area contributed by atoms with E-state index in [4.69, 9.17) is 139 Å². The topological polar surface area (TPSA) is 302 Å². The molecule has 27 nitrogen and oxygen atoms in total. The molecule has 0 saturated carbocycles. The van der Waals surface area contributed by atoms with E-state index in [-0.39, 0.29) is 16.4 Å². The Morgan fingerprint density at radius 1 is 0.269 bits per heavy atom. The van der Waals surface area contributed by atoms with Crippen molar-refractivity contribution in [1.82, 2.24) is 32.6 Å². The van der Waals surface area contributed by atoms with Crippen LogP contribution in [0, 0.1) is 13.8 Å². The Hall–Kier alpha value is -14.6. The zero-order valence-corrected chi connectivity index (χ0v) is 81.3. The highest BCUT2D eigenvalue weighted by molar-refractivity contribution is 7.81. The first kappa shape index (κ1) is 106. The van der Waals surface area contributed by atoms with Crippen LogP contribution in [0.4, 0.5) is 42.9 Å². The number of hydrogen-bond acceptors (Lipinski definition) is 21. The van der Waals surface area contributed by atoms with Gasteiger partial charge in [0.05, 0.1) is 129 Å². The predicted molar refractivity (Wildman–Crippen MR) is 567 cm³/mol. The lowest BCUT2D eigenvalue weighted by molar-refractivity contribution is 0.0183. The number of ether oxygens (including phenoxy) is 9. The van der Waals surface area contributed by atoms with Crippen LogP contribution in [0.1, 0.15) is 57.0 Å². The fraction of sp³-hybridized carbons (Fsp3) is 0.134. The molecule has 0 aromatic heterocycles. The van der Waals surface area contributed by atoms with Gasteiger partial charge in [-0.3, -0.25) is 32.6 Å². The van der Waals surface area contributed by atoms with E-state index in [1.54, 1.807) is 138 Å². The Morgan fingerprint density at radius 3 is 0.866 bits per heavy atom. The second-order valence-electron chi connectivity index (χ2n) is 26.8. The van der Waals surface area contributed by atoms with Crippen molar-refractivity contribution in [2.24, 2.45) is 30.6 Å². The highest BCUT2D eigenvalue weighted by atomic mass is 35.5. The zero-order valence-electron chi connectivity index (χ0n) is 74.8. The molecule has 12 aromatic rings. The van der Waals surface area contributed by atoms with Gasteiger partial charge in [-0.05, 0) is 232 Å². The van der Waals surface area contributed by atoms with Crippen molar-refractivity contribution in [3.8, 4) is 51.7 Å². The third-order valence-electron chi connectivity index (χ3n) is 17.6. The van der Waals surface area contributed by atoms with E-state index in [0.29, 0.717) is 58.5 Å². The number of hydrazone groups is 6. The second-order valence-corrected chi connectivity index (χ2v) is 30.1. The minimum absolute atomic E-state index is 0.109. The maximum absolute atomic E-state index is 13.6. The Labute approximate surface area is 820 Å². The third-order valence-corrected chi connectivity index (χ3v) is 19.4. The van der Waals surface area contributed by atoms with Gasteiger partial charge in [0.25, 0.3) is 5.92 Å². The molecule has 0 aliphatic heterocycles. The summed E-state index contributed by atoms with van der Waals surface area (Å²) in [4.78, 5) is 0. The van der Waals surface area contributed by atoms with E-state index in [9.17, 15) is 8.78 Å². The first-order valence-electron chi connectivity index (χ1n) is 40.1. The summed E-state index contributed by atoms with van der Waals surface area (Å²) in [7, 11) is 14.5. The van der Waals surface area contributed by atoms with Crippen molar-refractivity contribution in [2.75, 3.05) is 95.9 Å². The molecular formula is C97H100Cl2F2N18O9S6. The summed E-state index contributed by atoms with van der Waals surface area (Å²) in [6.45, 7) is 4.83. The lowest BCUT2D eigenvalue weighted by Gasteiger charge is -2.16. The molecule has 0 saturated heterocycles. The van der Waals surface area contributed by atoms with Gasteiger partial charge in [0, 0.05) is 62.3 Å². The monoisotopic (exact) mass is 1960 g/mol. The van der Waals surface area contributed by atoms with Crippen LogP contribution in [-0.4, -0.2) is 132 Å². The Kier molecular flexibility index (Phi) is 46.9. The number of methoxy groups -OCH3 is 9. The average molecular weight is 1960 g/mol. The molecular weight excluding hydrogens is 1860 g/mol. The van der Waals surface area contributed by atoms with E-state index in [0.717, 1.165) is 109 Å². The molecule has 12 aromatic carbocycles. The number of nitrogens with zero attached hydrogens (tertiary/aromatic N) is 6. The van der Waals surface area contributed by atoms with Crippen LogP contribution in [0.15, 0.2) is 310 Å². The average Bonchev–Trinajstić information content (AvgIpc) is 0.852. The molecule has 0 aliphatic rings. The summed E-state index contributed by atoms with van der Waals surface area (Å²) in [5.41, 5.74) is 27.6. The minimum Gasteiger partial charge on any atom is -0.496 e. The second kappa shape index (κ2) is 59.0. The molecule has 12 rings (SSSR count). The number of para-hydroxylation sites is 12. The van der Waals surface area contributed by atoms with Gasteiger partial charge < -0.3 is 74.5 Å². The predicted octanol–water partition coefficient (Wildman–Crippen LogP) is 21.2. The van der Waals surface area contributed by atoms with Crippen molar-refractivity contribution in [2.45, 2.75) is 26.7 Å². The summed E-state index contributed by atoms with van der Waals surface area (Å²) in [6, 6.07) is 85.1. The molecule has 0 radical (unpaired) electrons. The molecule has 696 valence electrons. The molecule has 0 spiro atoms. The number of rotatable bonds is 28. The summed E-state index contributed by atoms with van der Waals surface area (Å²) in [5.74, 6) is 3.52. The number of thiocarbonyl (C=S) groups is 6. The zero-order chi connectivity index (χ0) is 96.8. The van der Waals surface area contributed by atoms with Gasteiger partial charge in [-0.2, -0.15) is 30.6 Å². The van der Waals surface area contributed by atoms with E-state index >= 15 is 0 Å². The smallest absolute Gasteiger partial charge is 0.272 e. The molecule has 0 atom stereocenters. The number of hydrogen-bond donors (Lipinski definition) is 12. The largest absolute Gasteiger partial charge is 0.496 e. The molecule has 0 bridgehead atoms. The maximum atomic E-state index is 13.6. The van der Waals surface area contributed by atoms with E-state index in [1.165, 1.54) is 18.3 Å². The van der Waals surface area contributed by atoms with Crippen molar-refractivity contribution < 1.29 is 51.4 Å². The molecule has 134 heavy (non-hydrogen) atoms. The van der Waals surface area contributed by atoms with Crippen LogP contribution in [0.25, 0.3) is 0 Å². The lowest BCUT2D eigenvalue weighted by Crippen LogP contribution is -2.25. The fourth-order valence-corrected chi connectivity index (χ4v) is 12.6. The summed E-state index contributed by atoms with van der Waals surface area (Å²) in [6.07, 6.45) is 9.77. The van der Waals surface area contributed by atoms with E-state index in [1.807, 2.05) is 238 Å². The lowest BCUT2D eigenvalue weighted by atomic mass is 10.1. The first-order valence-corrected chi connectivity index (χ1v) is 43.3. The molecule has 0 aliphatic carbocycles. The van der Waals surface area contributed by atoms with Crippen molar-refractivity contribution >= 4 is 199 Å². The standard InChI is InChI=1S/C17H17F2N3OS.C17H19N3O2S.C16H16ClN3O2S.C16H17N3O2S.C16H17N3OS.C15H14ClN3OS/c1-17(18,19)13-8-4-5-9-14(13)21-16(24)22-20-11-12-7-3-6-10-15(12)23-2;1-12-7-6-9-14(16(12)22-3)19-17(23)20-18-11-13-8-4-5-10-15(13)21-2;1-21-14-6-4-3-5-11(14)10-18-20-16(23)19-13-9-12(17)7-8-15(13)22-2;1-20-14-9-5-3-7-12(14)11-17-19-16(22)18-13-8-4-6-10-15(13)21-2;1-12-7-3-5-9-14(12)18-16(21)19-17-11-13-8-4-6-10-15(13)20-2;1-20-14-9-5-2-6-11(14)10-17-19-15(21)18-13-8-4-3-7-12(13)16/h3-11H,1-2H3,(H2,21,22,24);4-11H,1-3H3,(H2,19,20,23);3-10H,1-2H3,(H2,19,20,23);3-11H,1-2H3,(H2,18,19,22);3-11H,1-2H3,(H2,18,19,21);2-10H,1H3,(H2,18,19,21)/b20-11+;18-11+;18-10+;2*17-11+;17-10+. The van der Waals surface area contributed by atoms with Gasteiger partial charge in [-0.15, -0.1) is 0 Å². The first-order chi connectivity index (χ1) is 64.8. The number of aryl methyl sites for hydroxylation is 2. The van der Waals surface area contributed by atoms with Crippen LogP contribution in [0.2, 0.25) is 10.0 Å². The van der Waals surface area contributed by atoms with Crippen molar-refractivity contribution in [3.63, 3.8) is 0 Å². The number of anilines is 6. The van der Waals surface area contributed by atoms with Gasteiger partial charge >= 0.3 is 0 Å². The van der Waals surface area contributed by atoms with Gasteiger partial charge in [-0.25, -0.2) is 8.78 Å². The SMILES string of the molecule is COc1ccccc1/C=N/NC(=S)Nc1cc(Cl)ccc1OC.COc1ccccc1/C=N/NC(=S)Nc1cccc(C)c1OC.COc1ccccc1/C=N/NC(=S)Nc1ccccc1C.COc1ccccc1/C=N/NC(=S)Nc1ccccc1C(C)(F)F.COc1ccccc1/C=N/NC(=S)Nc1ccccc1Cl.COc1ccccc1/C=N/NC(=S)Nc1ccccc1OC. The van der Waals surface area contributed by atoms with Gasteiger partial charge in [0.1, 0.15) is 51.7 Å². The third kappa shape index (κ3) is 37.4. The normalized spacial score (nSPS) is 10.5. The van der Waals surface area contributed by atoms with Gasteiger partial charge in [0.2, 0.25) is 0 Å². The Morgan fingerprint density at radius 2 is 0.522 bits per heavy atom. The van der Waals surface area contributed by atoms with Crippen molar-refractivity contribution in [1.29, 1.82) is 0 Å². The summed E-state index contributed by atoms with van der Waals surface area (Å²) < 4.78 is 74.4. The maximum Gasteiger partial charge on any atom is 0.272 e. The quantitative estimate of drug-likeness (QED) is 0.0123. The van der Waals surface area contributed by atoms with Gasteiger partial charge in [0.15, 0.2) is 30.7 Å².